The number of anilines is 4. The number of nitrogens with zero attached hydrogens (tertiary/aromatic N) is 4. The summed E-state index contributed by atoms with van der Waals surface area (Å²) in [6.45, 7) is -2.73. The number of fused-ring (bicyclic) bond motifs is 4. The molecule has 8 aromatic heterocycles. The molecule has 2 unspecified atom stereocenters. The van der Waals surface area contributed by atoms with Gasteiger partial charge in [0.05, 0.1) is 25.0 Å². The molecule has 0 amide bonds. The zero-order chi connectivity index (χ0) is 102. The second-order valence-corrected chi connectivity index (χ2v) is 35.0. The number of thiophene rings is 4. The fraction of sp³-hybridized carbons (Fsp3) is 0.222. The van der Waals surface area contributed by atoms with E-state index in [-0.39, 0.29) is 117 Å². The first-order valence-electron chi connectivity index (χ1n) is 42.8. The van der Waals surface area contributed by atoms with Crippen LogP contribution in [-0.2, 0) is 65.7 Å². The molecule has 0 radical (unpaired) electrons. The van der Waals surface area contributed by atoms with Gasteiger partial charge in [0.25, 0.3) is 63.6 Å². The monoisotopic (exact) mass is 1840 g/mol. The third-order valence-corrected chi connectivity index (χ3v) is 26.8. The molecule has 32 nitrogen and oxygen atoms in total. The van der Waals surface area contributed by atoms with Gasteiger partial charge in [-0.25, -0.2) is 52.5 Å². The van der Waals surface area contributed by atoms with Crippen molar-refractivity contribution in [2.24, 2.45) is 0 Å². The van der Waals surface area contributed by atoms with Gasteiger partial charge in [-0.15, -0.1) is 45.3 Å². The lowest BCUT2D eigenvalue weighted by Gasteiger charge is -2.09. The lowest BCUT2D eigenvalue weighted by Crippen LogP contribution is -2.16. The SMILES string of the molecule is [2H]C1Oc2cc(C)c(C([2H])([2H])C(=O)c3sccc3S(=O)(=O)N([2H])c3onc(C)c3Cl)cc2O1.[2H]N(c1onc(C)c1Cl)S(=O)(=O)c1ccsc1C(=O)C([2H])([2H])c1cc2c(cc1C)OCO2.[2H]c1c(CC(=O)c2sccc2S(=O)(=O)N([2H])c2onc(C)c2Cl)c(C([2H])([2H])[2H])c([2H])c2c1OC([2H])([2H])O2.[2H]c1c(CC(=O)c2sccc2S(=O)(=O)N([2H])c2onc(C)c2Cl)c(C([2H])([2H])[2H])c([2H])c2c1OC([2H])O2. The number of ketones is 4. The molecule has 4 N–H and O–H groups in total. The summed E-state index contributed by atoms with van der Waals surface area (Å²) in [7, 11) is -18.7. The third kappa shape index (κ3) is 18.1. The van der Waals surface area contributed by atoms with Crippen LogP contribution < -0.4 is 56.8 Å². The summed E-state index contributed by atoms with van der Waals surface area (Å²) in [5.74, 6) is -7.20. The van der Waals surface area contributed by atoms with Crippen LogP contribution in [0, 0.1) is 55.2 Å². The van der Waals surface area contributed by atoms with Crippen LogP contribution in [0.2, 0.25) is 25.7 Å². The van der Waals surface area contributed by atoms with Gasteiger partial charge < -0.3 is 56.0 Å². The Labute approximate surface area is 727 Å². The fourth-order valence-electron chi connectivity index (χ4n) is 9.92. The predicted octanol–water partition coefficient (Wildman–Crippen LogP) is 15.8. The molecule has 0 saturated heterocycles. The number of ether oxygens (including phenoxy) is 8. The lowest BCUT2D eigenvalue weighted by molar-refractivity contribution is 0.0985. The van der Waals surface area contributed by atoms with Crippen molar-refractivity contribution in [1.82, 2.24) is 20.6 Å². The molecule has 4 aliphatic rings. The Balaban J connectivity index is 0.000000156. The molecule has 4 aliphatic heterocycles. The number of Topliss-reactive ketones (excluding diaryl/α,β-unsaturated/α-hetero) is 4. The normalized spacial score (nSPS) is 17.8. The molecule has 12 aromatic rings. The molecule has 4 aromatic carbocycles. The Kier molecular flexibility index (Phi) is 17.5. The van der Waals surface area contributed by atoms with Crippen LogP contribution in [0.25, 0.3) is 0 Å². The van der Waals surface area contributed by atoms with Crippen LogP contribution in [0.1, 0.15) is 131 Å². The number of rotatable bonds is 24. The van der Waals surface area contributed by atoms with Crippen molar-refractivity contribution < 1.29 is 139 Å². The molecule has 608 valence electrons. The van der Waals surface area contributed by atoms with Crippen LogP contribution in [0.3, 0.4) is 0 Å². The van der Waals surface area contributed by atoms with Crippen molar-refractivity contribution in [3.05, 3.63) is 201 Å². The van der Waals surface area contributed by atoms with E-state index in [1.165, 1.54) is 67.4 Å². The number of aryl methyl sites for hydroxylation is 6. The van der Waals surface area contributed by atoms with Crippen molar-refractivity contribution in [2.45, 2.75) is 100 Å². The Hall–Kier alpha value is -10.2. The summed E-state index contributed by atoms with van der Waals surface area (Å²) in [5, 5.41) is 18.4. The maximum Gasteiger partial charge on any atom is 0.265 e. The smallest absolute Gasteiger partial charge is 0.265 e. The number of carbonyl (C=O) groups is 4. The molecule has 16 rings (SSSR count). The first-order chi connectivity index (χ1) is 63.9. The van der Waals surface area contributed by atoms with Crippen LogP contribution in [-0.4, -0.2) is 105 Å². The maximum atomic E-state index is 13.3. The number of sulfonamides is 4. The second kappa shape index (κ2) is 34.1. The molecule has 116 heavy (non-hydrogen) atoms. The zero-order valence-corrected chi connectivity index (χ0v) is 68.4. The Morgan fingerprint density at radius 2 is 0.698 bits per heavy atom. The number of hydrogen-bond acceptors (Lipinski definition) is 32. The predicted molar refractivity (Wildman–Crippen MR) is 427 cm³/mol. The summed E-state index contributed by atoms with van der Waals surface area (Å²) < 4.78 is 341. The van der Waals surface area contributed by atoms with E-state index < -0.39 is 234 Å². The van der Waals surface area contributed by atoms with Crippen molar-refractivity contribution in [2.75, 3.05) is 45.9 Å². The van der Waals surface area contributed by atoms with E-state index in [0.29, 0.717) is 39.5 Å². The summed E-state index contributed by atoms with van der Waals surface area (Å²) in [6, 6.07) is 7.25. The van der Waals surface area contributed by atoms with Gasteiger partial charge in [-0.1, -0.05) is 67.0 Å². The summed E-state index contributed by atoms with van der Waals surface area (Å²) in [5.41, 5.74) is -0.918. The van der Waals surface area contributed by atoms with E-state index in [1.54, 1.807) is 19.9 Å². The number of carbonyl (C=O) groups excluding carboxylic acids is 4. The topological polar surface area (TPSA) is 431 Å². The first-order valence-corrected chi connectivity index (χ1v) is 42.6. The highest BCUT2D eigenvalue weighted by atomic mass is 35.5. The summed E-state index contributed by atoms with van der Waals surface area (Å²) in [4.78, 5) is 49.2. The Bertz CT molecular complexity index is 7460. The number of benzene rings is 4. The average molecular weight is 1840 g/mol. The minimum absolute atomic E-state index is 0.00392. The van der Waals surface area contributed by atoms with E-state index in [2.05, 4.69) is 20.6 Å². The molecule has 0 aliphatic carbocycles. The fourth-order valence-corrected chi connectivity index (χ4v) is 19.6. The highest BCUT2D eigenvalue weighted by molar-refractivity contribution is 7.94. The maximum absolute atomic E-state index is 13.3. The summed E-state index contributed by atoms with van der Waals surface area (Å²) >= 11 is 26.7. The molecule has 0 spiro atoms. The van der Waals surface area contributed by atoms with Crippen LogP contribution in [0.15, 0.2) is 132 Å². The molecule has 2 atom stereocenters. The van der Waals surface area contributed by atoms with E-state index in [1.807, 2.05) is 0 Å². The third-order valence-electron chi connectivity index (χ3n) is 15.6. The highest BCUT2D eigenvalue weighted by Gasteiger charge is 2.34. The van der Waals surface area contributed by atoms with Gasteiger partial charge in [0.1, 0.15) is 67.9 Å². The van der Waals surface area contributed by atoms with Gasteiger partial charge in [0.2, 0.25) is 27.1 Å². The van der Waals surface area contributed by atoms with Gasteiger partial charge in [-0.2, -0.15) is 0 Å². The molecule has 0 bridgehead atoms. The number of halogens is 4. The van der Waals surface area contributed by atoms with Gasteiger partial charge in [-0.3, -0.25) is 19.2 Å². The van der Waals surface area contributed by atoms with Gasteiger partial charge in [0, 0.05) is 39.3 Å². The largest absolute Gasteiger partial charge is 0.454 e. The van der Waals surface area contributed by atoms with E-state index in [9.17, 15) is 52.8 Å². The van der Waals surface area contributed by atoms with Gasteiger partial charge in [0.15, 0.2) is 74.8 Å². The van der Waals surface area contributed by atoms with Crippen molar-refractivity contribution in [3.8, 4) is 46.0 Å². The molecular weight excluding hydrogens is 1760 g/mol. The van der Waals surface area contributed by atoms with Crippen LogP contribution >= 0.6 is 91.8 Å². The van der Waals surface area contributed by atoms with E-state index in [0.717, 1.165) is 46.9 Å². The number of aromatic nitrogens is 4. The molecule has 0 saturated carbocycles. The quantitative estimate of drug-likeness (QED) is 0.0408. The molecular formula is C72H60Cl4N8O24S8. The second-order valence-electron chi connectivity index (χ2n) is 23.5. The van der Waals surface area contributed by atoms with E-state index >= 15 is 0 Å². The van der Waals surface area contributed by atoms with Gasteiger partial charge in [-0.05, 0) is 194 Å². The Morgan fingerprint density at radius 3 is 1.03 bits per heavy atom. The van der Waals surface area contributed by atoms with Crippen molar-refractivity contribution in [3.63, 3.8) is 0 Å². The molecule has 44 heteroatoms. The van der Waals surface area contributed by atoms with Gasteiger partial charge >= 0.3 is 0 Å². The standard InChI is InChI=1S/4C18H15ClN2O6S2/c4*1-9-5-13-14(26-8-25-13)7-11(9)6-12(22)17-15(3-4-28-17)29(23,24)21-18-16(19)10(2)20-27-18/h4*3-5,7,21H,6,8H2,1-2H3/i1D3,5D,7D,8D2;1D3,5D,7D,8D;6D2,8D;6D2/hD4. The van der Waals surface area contributed by atoms with Crippen LogP contribution in [0.5, 0.6) is 46.0 Å². The van der Waals surface area contributed by atoms with E-state index in [4.69, 9.17) is 133 Å². The zero-order valence-electron chi connectivity index (χ0n) is 80.9. The number of nitrogens with one attached hydrogen (secondary N) is 4. The molecule has 12 heterocycles. The lowest BCUT2D eigenvalue weighted by atomic mass is 10.0. The first kappa shape index (κ1) is 59.4. The number of hydrogen-bond donors (Lipinski definition) is 4. The minimum atomic E-state index is -4.73. The van der Waals surface area contributed by atoms with Crippen molar-refractivity contribution in [1.29, 1.82) is 0 Å². The molecule has 0 fully saturated rings. The van der Waals surface area contributed by atoms with Crippen LogP contribution in [0.4, 0.5) is 23.5 Å². The summed E-state index contributed by atoms with van der Waals surface area (Å²) in [6.07, 6.45) is -6.87. The highest BCUT2D eigenvalue weighted by Crippen LogP contribution is 2.42. The van der Waals surface area contributed by atoms with Crippen molar-refractivity contribution >= 4 is 179 Å². The Morgan fingerprint density at radius 1 is 0.414 bits per heavy atom. The minimum Gasteiger partial charge on any atom is -0.454 e. The average Bonchev–Trinajstić information content (AvgIpc) is 1.56.